The lowest BCUT2D eigenvalue weighted by molar-refractivity contribution is 0.102. The van der Waals surface area contributed by atoms with Crippen LogP contribution < -0.4 is 5.32 Å². The second-order valence-electron chi connectivity index (χ2n) is 3.95. The van der Waals surface area contributed by atoms with Gasteiger partial charge in [0.15, 0.2) is 0 Å². The summed E-state index contributed by atoms with van der Waals surface area (Å²) in [5.74, 6) is 4.28. The second kappa shape index (κ2) is 5.99. The first-order valence-corrected chi connectivity index (χ1v) is 5.80. The first-order chi connectivity index (χ1) is 9.61. The van der Waals surface area contributed by atoms with Gasteiger partial charge in [-0.25, -0.2) is 4.39 Å². The van der Waals surface area contributed by atoms with E-state index < -0.39 is 11.7 Å². The van der Waals surface area contributed by atoms with Gasteiger partial charge in [0.1, 0.15) is 18.2 Å². The van der Waals surface area contributed by atoms with Crippen LogP contribution in [0, 0.1) is 17.7 Å². The van der Waals surface area contributed by atoms with Gasteiger partial charge in [0.05, 0.1) is 11.8 Å². The standard InChI is InChI=1S/C14H12FN3O2/c1-18-13(6-7-16-18)17-14(20)11-5-4-10(3-2-8-19)12(15)9-11/h4-7,9,19H,8H2,1H3,(H,17,20). The van der Waals surface area contributed by atoms with Crippen molar-refractivity contribution in [1.29, 1.82) is 0 Å². The summed E-state index contributed by atoms with van der Waals surface area (Å²) in [7, 11) is 1.68. The van der Waals surface area contributed by atoms with Crippen LogP contribution in [-0.4, -0.2) is 27.4 Å². The Bertz CT molecular complexity index is 698. The van der Waals surface area contributed by atoms with Crippen LogP contribution in [0.4, 0.5) is 10.2 Å². The minimum Gasteiger partial charge on any atom is -0.384 e. The molecule has 0 aliphatic carbocycles. The number of aromatic nitrogens is 2. The van der Waals surface area contributed by atoms with Gasteiger partial charge in [0.2, 0.25) is 0 Å². The van der Waals surface area contributed by atoms with Crippen LogP contribution in [0.15, 0.2) is 30.5 Å². The largest absolute Gasteiger partial charge is 0.384 e. The van der Waals surface area contributed by atoms with Crippen molar-refractivity contribution in [1.82, 2.24) is 9.78 Å². The quantitative estimate of drug-likeness (QED) is 0.807. The maximum atomic E-state index is 13.7. The highest BCUT2D eigenvalue weighted by Crippen LogP contribution is 2.12. The highest BCUT2D eigenvalue weighted by molar-refractivity contribution is 6.03. The molecule has 0 spiro atoms. The van der Waals surface area contributed by atoms with E-state index in [9.17, 15) is 9.18 Å². The lowest BCUT2D eigenvalue weighted by Crippen LogP contribution is -2.14. The van der Waals surface area contributed by atoms with E-state index in [1.807, 2.05) is 0 Å². The van der Waals surface area contributed by atoms with Gasteiger partial charge >= 0.3 is 0 Å². The van der Waals surface area contributed by atoms with Gasteiger partial charge in [-0.2, -0.15) is 5.10 Å². The van der Waals surface area contributed by atoms with Crippen molar-refractivity contribution >= 4 is 11.7 Å². The third-order valence-electron chi connectivity index (χ3n) is 2.60. The number of anilines is 1. The van der Waals surface area contributed by atoms with E-state index in [4.69, 9.17) is 5.11 Å². The predicted octanol–water partition coefficient (Wildman–Crippen LogP) is 1.16. The summed E-state index contributed by atoms with van der Waals surface area (Å²) >= 11 is 0. The van der Waals surface area contributed by atoms with Crippen LogP contribution in [0.25, 0.3) is 0 Å². The van der Waals surface area contributed by atoms with E-state index in [0.717, 1.165) is 6.07 Å². The van der Waals surface area contributed by atoms with Gasteiger partial charge in [-0.1, -0.05) is 11.8 Å². The third kappa shape index (κ3) is 3.02. The summed E-state index contributed by atoms with van der Waals surface area (Å²) in [5, 5.41) is 15.1. The molecule has 0 bridgehead atoms. The summed E-state index contributed by atoms with van der Waals surface area (Å²) in [6, 6.07) is 5.61. The zero-order chi connectivity index (χ0) is 14.5. The minimum atomic E-state index is -0.608. The van der Waals surface area contributed by atoms with Gasteiger partial charge in [0, 0.05) is 18.7 Å². The van der Waals surface area contributed by atoms with Gasteiger partial charge in [0.25, 0.3) is 5.91 Å². The first kappa shape index (κ1) is 13.8. The van der Waals surface area contributed by atoms with Crippen LogP contribution >= 0.6 is 0 Å². The molecule has 1 aromatic heterocycles. The van der Waals surface area contributed by atoms with E-state index in [1.54, 1.807) is 19.3 Å². The van der Waals surface area contributed by atoms with Crippen LogP contribution in [0.1, 0.15) is 15.9 Å². The van der Waals surface area contributed by atoms with Crippen LogP contribution in [0.2, 0.25) is 0 Å². The van der Waals surface area contributed by atoms with Crippen molar-refractivity contribution < 1.29 is 14.3 Å². The number of nitrogens with one attached hydrogen (secondary N) is 1. The molecule has 0 aliphatic heterocycles. The van der Waals surface area contributed by atoms with Crippen molar-refractivity contribution in [3.63, 3.8) is 0 Å². The molecule has 2 aromatic rings. The Morgan fingerprint density at radius 2 is 2.30 bits per heavy atom. The van der Waals surface area contributed by atoms with Crippen molar-refractivity contribution in [2.45, 2.75) is 0 Å². The molecule has 0 radical (unpaired) electrons. The Balaban J connectivity index is 2.19. The lowest BCUT2D eigenvalue weighted by atomic mass is 10.1. The average Bonchev–Trinajstić information content (AvgIpc) is 2.83. The summed E-state index contributed by atoms with van der Waals surface area (Å²) in [5.41, 5.74) is 0.314. The summed E-state index contributed by atoms with van der Waals surface area (Å²) in [6.45, 7) is -0.345. The summed E-state index contributed by atoms with van der Waals surface area (Å²) in [6.07, 6.45) is 1.55. The van der Waals surface area contributed by atoms with Gasteiger partial charge in [-0.3, -0.25) is 9.48 Å². The number of nitrogens with zero attached hydrogens (tertiary/aromatic N) is 2. The highest BCUT2D eigenvalue weighted by atomic mass is 19.1. The molecular formula is C14H12FN3O2. The van der Waals surface area contributed by atoms with E-state index in [0.29, 0.717) is 5.82 Å². The number of amides is 1. The Hall–Kier alpha value is -2.65. The molecule has 0 aliphatic rings. The van der Waals surface area contributed by atoms with Crippen molar-refractivity contribution in [2.24, 2.45) is 7.05 Å². The molecule has 0 fully saturated rings. The lowest BCUT2D eigenvalue weighted by Gasteiger charge is -2.05. The van der Waals surface area contributed by atoms with E-state index in [-0.39, 0.29) is 17.7 Å². The van der Waals surface area contributed by atoms with Gasteiger partial charge in [-0.15, -0.1) is 0 Å². The number of halogens is 1. The number of aliphatic hydroxyl groups excluding tert-OH is 1. The minimum absolute atomic E-state index is 0.135. The molecule has 0 atom stereocenters. The molecule has 20 heavy (non-hydrogen) atoms. The van der Waals surface area contributed by atoms with E-state index in [1.165, 1.54) is 16.8 Å². The molecule has 0 unspecified atom stereocenters. The third-order valence-corrected chi connectivity index (χ3v) is 2.60. The van der Waals surface area contributed by atoms with Crippen LogP contribution in [0.3, 0.4) is 0 Å². The monoisotopic (exact) mass is 273 g/mol. The molecule has 102 valence electrons. The van der Waals surface area contributed by atoms with E-state index in [2.05, 4.69) is 22.3 Å². The molecule has 5 nitrogen and oxygen atoms in total. The van der Waals surface area contributed by atoms with Crippen molar-refractivity contribution in [2.75, 3.05) is 11.9 Å². The Kier molecular flexibility index (Phi) is 4.13. The highest BCUT2D eigenvalue weighted by Gasteiger charge is 2.10. The number of benzene rings is 1. The number of carbonyl (C=O) groups excluding carboxylic acids is 1. The Labute approximate surface area is 115 Å². The fourth-order valence-electron chi connectivity index (χ4n) is 1.58. The zero-order valence-electron chi connectivity index (χ0n) is 10.7. The fraction of sp³-hybridized carbons (Fsp3) is 0.143. The molecule has 1 heterocycles. The van der Waals surface area contributed by atoms with Crippen molar-refractivity contribution in [3.05, 3.63) is 47.4 Å². The predicted molar refractivity (Wildman–Crippen MR) is 71.5 cm³/mol. The Morgan fingerprint density at radius 3 is 2.90 bits per heavy atom. The number of carbonyl (C=O) groups is 1. The molecule has 2 N–H and O–H groups in total. The molecule has 6 heteroatoms. The van der Waals surface area contributed by atoms with Crippen LogP contribution in [0.5, 0.6) is 0 Å². The molecule has 1 aromatic carbocycles. The number of aliphatic hydroxyl groups is 1. The molecular weight excluding hydrogens is 261 g/mol. The maximum Gasteiger partial charge on any atom is 0.256 e. The first-order valence-electron chi connectivity index (χ1n) is 5.80. The molecule has 1 amide bonds. The topological polar surface area (TPSA) is 67.2 Å². The average molecular weight is 273 g/mol. The molecule has 2 rings (SSSR count). The zero-order valence-corrected chi connectivity index (χ0v) is 10.7. The maximum absolute atomic E-state index is 13.7. The summed E-state index contributed by atoms with van der Waals surface area (Å²) in [4.78, 5) is 11.9. The van der Waals surface area contributed by atoms with Gasteiger partial charge < -0.3 is 10.4 Å². The Morgan fingerprint density at radius 1 is 1.50 bits per heavy atom. The molecule has 0 saturated heterocycles. The SMILES string of the molecule is Cn1nccc1NC(=O)c1ccc(C#CCO)c(F)c1. The number of aryl methyl sites for hydroxylation is 1. The fourth-order valence-corrected chi connectivity index (χ4v) is 1.58. The number of hydrogen-bond donors (Lipinski definition) is 2. The van der Waals surface area contributed by atoms with Gasteiger partial charge in [-0.05, 0) is 18.2 Å². The van der Waals surface area contributed by atoms with E-state index >= 15 is 0 Å². The van der Waals surface area contributed by atoms with Crippen LogP contribution in [-0.2, 0) is 7.05 Å². The second-order valence-corrected chi connectivity index (χ2v) is 3.95. The number of hydrogen-bond acceptors (Lipinski definition) is 3. The number of rotatable bonds is 2. The smallest absolute Gasteiger partial charge is 0.256 e. The summed E-state index contributed by atoms with van der Waals surface area (Å²) < 4.78 is 15.2. The molecule has 0 saturated carbocycles. The normalized spacial score (nSPS) is 9.75. The van der Waals surface area contributed by atoms with Crippen molar-refractivity contribution in [3.8, 4) is 11.8 Å².